The number of amides is 1. The number of nitriles is 1. The van der Waals surface area contributed by atoms with Crippen molar-refractivity contribution in [1.82, 2.24) is 9.97 Å². The molecular weight excluding hydrogens is 344 g/mol. The van der Waals surface area contributed by atoms with Gasteiger partial charge in [0.05, 0.1) is 10.8 Å². The zero-order valence-corrected chi connectivity index (χ0v) is 16.4. The molecule has 0 saturated carbocycles. The maximum Gasteiger partial charge on any atom is 0.239 e. The molecule has 0 bridgehead atoms. The molecule has 26 heavy (non-hydrogen) atoms. The Kier molecular flexibility index (Phi) is 7.16. The fourth-order valence-electron chi connectivity index (χ4n) is 2.46. The van der Waals surface area contributed by atoms with Crippen LogP contribution in [0.15, 0.2) is 35.4 Å². The minimum absolute atomic E-state index is 0.129. The standard InChI is InChI=1S/C20H24N4OS/c1-5-17(19(25)24-18-8-6-7-14(4)22-18)26-20-15(12-21)9-10-16(23-20)11-13(2)3/h6-10,13,17H,5,11H2,1-4H3,(H,22,24,25). The quantitative estimate of drug-likeness (QED) is 0.734. The van der Waals surface area contributed by atoms with Gasteiger partial charge < -0.3 is 5.32 Å². The molecule has 6 heteroatoms. The van der Waals surface area contributed by atoms with Crippen molar-refractivity contribution >= 4 is 23.5 Å². The van der Waals surface area contributed by atoms with Gasteiger partial charge in [0, 0.05) is 11.4 Å². The summed E-state index contributed by atoms with van der Waals surface area (Å²) in [4.78, 5) is 21.6. The molecule has 0 aliphatic heterocycles. The molecule has 2 rings (SSSR count). The topological polar surface area (TPSA) is 78.7 Å². The van der Waals surface area contributed by atoms with E-state index >= 15 is 0 Å². The number of rotatable bonds is 7. The number of hydrogen-bond donors (Lipinski definition) is 1. The molecule has 1 unspecified atom stereocenters. The van der Waals surface area contributed by atoms with Crippen molar-refractivity contribution < 1.29 is 4.79 Å². The van der Waals surface area contributed by atoms with E-state index in [1.165, 1.54) is 11.8 Å². The Hall–Kier alpha value is -2.39. The molecule has 5 nitrogen and oxygen atoms in total. The Balaban J connectivity index is 2.18. The van der Waals surface area contributed by atoms with Crippen molar-refractivity contribution in [1.29, 1.82) is 5.26 Å². The second kappa shape index (κ2) is 9.35. The fraction of sp³-hybridized carbons (Fsp3) is 0.400. The molecule has 1 amide bonds. The summed E-state index contributed by atoms with van der Waals surface area (Å²) in [7, 11) is 0. The van der Waals surface area contributed by atoms with Gasteiger partial charge in [0.15, 0.2) is 0 Å². The predicted octanol–water partition coefficient (Wildman–Crippen LogP) is 4.36. The molecule has 1 atom stereocenters. The summed E-state index contributed by atoms with van der Waals surface area (Å²) < 4.78 is 0. The highest BCUT2D eigenvalue weighted by atomic mass is 32.2. The molecule has 2 heterocycles. The largest absolute Gasteiger partial charge is 0.310 e. The summed E-state index contributed by atoms with van der Waals surface area (Å²) in [6, 6.07) is 11.4. The summed E-state index contributed by atoms with van der Waals surface area (Å²) >= 11 is 1.34. The Morgan fingerprint density at radius 2 is 2.04 bits per heavy atom. The molecule has 0 aromatic carbocycles. The van der Waals surface area contributed by atoms with Crippen molar-refractivity contribution in [3.8, 4) is 6.07 Å². The van der Waals surface area contributed by atoms with Crippen LogP contribution in [0.4, 0.5) is 5.82 Å². The van der Waals surface area contributed by atoms with Gasteiger partial charge in [-0.1, -0.05) is 38.6 Å². The van der Waals surface area contributed by atoms with E-state index in [4.69, 9.17) is 0 Å². The minimum Gasteiger partial charge on any atom is -0.310 e. The zero-order chi connectivity index (χ0) is 19.1. The van der Waals surface area contributed by atoms with Crippen LogP contribution < -0.4 is 5.32 Å². The summed E-state index contributed by atoms with van der Waals surface area (Å²) in [6.45, 7) is 8.09. The van der Waals surface area contributed by atoms with Crippen LogP contribution >= 0.6 is 11.8 Å². The van der Waals surface area contributed by atoms with Crippen LogP contribution in [-0.4, -0.2) is 21.1 Å². The van der Waals surface area contributed by atoms with Gasteiger partial charge in [-0.05, 0) is 49.9 Å². The third kappa shape index (κ3) is 5.57. The fourth-order valence-corrected chi connectivity index (χ4v) is 3.47. The number of aryl methyl sites for hydroxylation is 1. The molecule has 2 aromatic heterocycles. The predicted molar refractivity (Wildman–Crippen MR) is 105 cm³/mol. The Labute approximate surface area is 159 Å². The lowest BCUT2D eigenvalue weighted by Gasteiger charge is -2.15. The number of aromatic nitrogens is 2. The second-order valence-corrected chi connectivity index (χ2v) is 7.72. The first-order valence-electron chi connectivity index (χ1n) is 8.74. The van der Waals surface area contributed by atoms with Crippen LogP contribution in [0.3, 0.4) is 0 Å². The van der Waals surface area contributed by atoms with Crippen molar-refractivity contribution in [2.75, 3.05) is 5.32 Å². The monoisotopic (exact) mass is 368 g/mol. The van der Waals surface area contributed by atoms with Gasteiger partial charge in [0.2, 0.25) is 5.91 Å². The maximum absolute atomic E-state index is 12.6. The van der Waals surface area contributed by atoms with Crippen molar-refractivity contribution in [2.45, 2.75) is 50.8 Å². The third-order valence-electron chi connectivity index (χ3n) is 3.71. The summed E-state index contributed by atoms with van der Waals surface area (Å²) in [5.41, 5.74) is 2.29. The number of hydrogen-bond acceptors (Lipinski definition) is 5. The lowest BCUT2D eigenvalue weighted by molar-refractivity contribution is -0.115. The van der Waals surface area contributed by atoms with Gasteiger partial charge in [0.25, 0.3) is 0 Å². The van der Waals surface area contributed by atoms with E-state index in [0.717, 1.165) is 17.8 Å². The van der Waals surface area contributed by atoms with Crippen molar-refractivity contribution in [3.63, 3.8) is 0 Å². The first-order chi connectivity index (χ1) is 12.4. The van der Waals surface area contributed by atoms with E-state index in [0.29, 0.717) is 28.7 Å². The lowest BCUT2D eigenvalue weighted by atomic mass is 10.1. The first-order valence-corrected chi connectivity index (χ1v) is 9.62. The summed E-state index contributed by atoms with van der Waals surface area (Å²) in [5.74, 6) is 0.887. The van der Waals surface area contributed by atoms with E-state index in [9.17, 15) is 10.1 Å². The second-order valence-electron chi connectivity index (χ2n) is 6.53. The molecular formula is C20H24N4OS. The van der Waals surface area contributed by atoms with Crippen LogP contribution in [0.1, 0.15) is 44.1 Å². The number of pyridine rings is 2. The first kappa shape index (κ1) is 19.9. The maximum atomic E-state index is 12.6. The summed E-state index contributed by atoms with van der Waals surface area (Å²) in [6.07, 6.45) is 1.47. The van der Waals surface area contributed by atoms with Crippen LogP contribution in [-0.2, 0) is 11.2 Å². The Morgan fingerprint density at radius 3 is 2.65 bits per heavy atom. The van der Waals surface area contributed by atoms with Gasteiger partial charge in [-0.2, -0.15) is 5.26 Å². The number of anilines is 1. The highest BCUT2D eigenvalue weighted by Gasteiger charge is 2.21. The van der Waals surface area contributed by atoms with E-state index in [2.05, 4.69) is 35.2 Å². The molecule has 0 aliphatic carbocycles. The summed E-state index contributed by atoms with van der Waals surface area (Å²) in [5, 5.41) is 12.5. The van der Waals surface area contributed by atoms with Crippen LogP contribution in [0.5, 0.6) is 0 Å². The smallest absolute Gasteiger partial charge is 0.239 e. The van der Waals surface area contributed by atoms with Gasteiger partial charge >= 0.3 is 0 Å². The normalized spacial score (nSPS) is 11.8. The van der Waals surface area contributed by atoms with E-state index in [-0.39, 0.29) is 11.2 Å². The van der Waals surface area contributed by atoms with Crippen LogP contribution in [0, 0.1) is 24.2 Å². The number of nitrogens with zero attached hydrogens (tertiary/aromatic N) is 3. The van der Waals surface area contributed by atoms with E-state index < -0.39 is 0 Å². The molecule has 136 valence electrons. The third-order valence-corrected chi connectivity index (χ3v) is 5.08. The van der Waals surface area contributed by atoms with Crippen molar-refractivity contribution in [2.24, 2.45) is 5.92 Å². The van der Waals surface area contributed by atoms with E-state index in [1.54, 1.807) is 12.1 Å². The van der Waals surface area contributed by atoms with Gasteiger partial charge in [0.1, 0.15) is 16.9 Å². The average molecular weight is 369 g/mol. The van der Waals surface area contributed by atoms with Crippen LogP contribution in [0.25, 0.3) is 0 Å². The number of nitrogens with one attached hydrogen (secondary N) is 1. The Bertz CT molecular complexity index is 814. The lowest BCUT2D eigenvalue weighted by Crippen LogP contribution is -2.25. The average Bonchev–Trinajstić information content (AvgIpc) is 2.59. The Morgan fingerprint density at radius 1 is 1.27 bits per heavy atom. The highest BCUT2D eigenvalue weighted by molar-refractivity contribution is 8.00. The molecule has 0 radical (unpaired) electrons. The molecule has 2 aromatic rings. The molecule has 0 aliphatic rings. The number of carbonyl (C=O) groups excluding carboxylic acids is 1. The molecule has 0 saturated heterocycles. The molecule has 0 spiro atoms. The zero-order valence-electron chi connectivity index (χ0n) is 15.6. The van der Waals surface area contributed by atoms with E-state index in [1.807, 2.05) is 32.0 Å². The number of thioether (sulfide) groups is 1. The SMILES string of the molecule is CCC(Sc1nc(CC(C)C)ccc1C#N)C(=O)Nc1cccc(C)n1. The number of carbonyl (C=O) groups is 1. The minimum atomic E-state index is -0.341. The van der Waals surface area contributed by atoms with Gasteiger partial charge in [-0.25, -0.2) is 9.97 Å². The van der Waals surface area contributed by atoms with Crippen LogP contribution in [0.2, 0.25) is 0 Å². The molecule has 1 N–H and O–H groups in total. The van der Waals surface area contributed by atoms with Crippen molar-refractivity contribution in [3.05, 3.63) is 47.3 Å². The highest BCUT2D eigenvalue weighted by Crippen LogP contribution is 2.28. The van der Waals surface area contributed by atoms with Gasteiger partial charge in [-0.15, -0.1) is 0 Å². The van der Waals surface area contributed by atoms with Gasteiger partial charge in [-0.3, -0.25) is 4.79 Å². The molecule has 0 fully saturated rings.